The predicted octanol–water partition coefficient (Wildman–Crippen LogP) is 7.03. The fourth-order valence-electron chi connectivity index (χ4n) is 4.26. The minimum atomic E-state index is -0.143. The van der Waals surface area contributed by atoms with Crippen molar-refractivity contribution < 1.29 is 10.2 Å². The summed E-state index contributed by atoms with van der Waals surface area (Å²) in [6, 6.07) is 4.31. The summed E-state index contributed by atoms with van der Waals surface area (Å²) in [6.45, 7) is 21.3. The van der Waals surface area contributed by atoms with Gasteiger partial charge in [0.2, 0.25) is 0 Å². The molecule has 0 heterocycles. The van der Waals surface area contributed by atoms with Crippen LogP contribution in [-0.2, 0) is 30.1 Å². The molecule has 2 rings (SSSR count). The smallest absolute Gasteiger partial charge is 0.123 e. The maximum atomic E-state index is 11.2. The van der Waals surface area contributed by atoms with Crippen LogP contribution in [0.1, 0.15) is 99.9 Å². The number of phenolic OH excluding ortho intramolecular Hbond substituents is 2. The van der Waals surface area contributed by atoms with Gasteiger partial charge in [-0.15, -0.1) is 0 Å². The Hall–Kier alpha value is -1.96. The fraction of sp³-hybridized carbons (Fsp3) is 0.556. The zero-order valence-corrected chi connectivity index (χ0v) is 20.2. The van der Waals surface area contributed by atoms with Crippen LogP contribution in [0.5, 0.6) is 11.5 Å². The van der Waals surface area contributed by atoms with Gasteiger partial charge in [0.15, 0.2) is 0 Å². The van der Waals surface area contributed by atoms with E-state index in [1.165, 1.54) is 11.1 Å². The minimum absolute atomic E-state index is 0.143. The van der Waals surface area contributed by atoms with E-state index >= 15 is 0 Å². The van der Waals surface area contributed by atoms with Crippen molar-refractivity contribution in [2.24, 2.45) is 0 Å². The number of benzene rings is 2. The lowest BCUT2D eigenvalue weighted by atomic mass is 9.78. The van der Waals surface area contributed by atoms with Gasteiger partial charge in [-0.3, -0.25) is 0 Å². The lowest BCUT2D eigenvalue weighted by molar-refractivity contribution is 0.434. The number of rotatable bonds is 4. The van der Waals surface area contributed by atoms with Gasteiger partial charge in [-0.25, -0.2) is 0 Å². The van der Waals surface area contributed by atoms with E-state index in [0.717, 1.165) is 46.2 Å². The van der Waals surface area contributed by atoms with Crippen LogP contribution in [0, 0.1) is 13.8 Å². The van der Waals surface area contributed by atoms with Gasteiger partial charge in [-0.05, 0) is 70.9 Å². The summed E-state index contributed by atoms with van der Waals surface area (Å²) < 4.78 is 0. The standard InChI is InChI=1S/C27H40O2/c1-11-18-13-22(26(5,6)7)24(28)20(16(18)3)15-21-17(4)19(12-2)14-23(25(21)29)27(8,9)10/h13-14,28-29H,11-12,15H2,1-10H3. The average Bonchev–Trinajstić information content (AvgIpc) is 2.59. The molecule has 2 nitrogen and oxygen atoms in total. The van der Waals surface area contributed by atoms with Crippen molar-refractivity contribution in [1.82, 2.24) is 0 Å². The summed E-state index contributed by atoms with van der Waals surface area (Å²) in [4.78, 5) is 0. The number of aryl methyl sites for hydroxylation is 2. The summed E-state index contributed by atoms with van der Waals surface area (Å²) >= 11 is 0. The SMILES string of the molecule is CCc1cc(C(C)(C)C)c(O)c(Cc2c(C)c(CC)cc(C(C)(C)C)c2O)c1C. The molecular weight excluding hydrogens is 356 g/mol. The molecule has 0 aromatic heterocycles. The molecule has 29 heavy (non-hydrogen) atoms. The van der Waals surface area contributed by atoms with Crippen molar-refractivity contribution >= 4 is 0 Å². The van der Waals surface area contributed by atoms with Crippen LogP contribution in [0.15, 0.2) is 12.1 Å². The maximum absolute atomic E-state index is 11.2. The molecule has 0 aliphatic carbocycles. The summed E-state index contributed by atoms with van der Waals surface area (Å²) in [6.07, 6.45) is 2.40. The Balaban J connectivity index is 2.81. The van der Waals surface area contributed by atoms with E-state index in [-0.39, 0.29) is 10.8 Å². The second-order valence-corrected chi connectivity index (χ2v) is 10.5. The minimum Gasteiger partial charge on any atom is -0.507 e. The number of hydrogen-bond donors (Lipinski definition) is 2. The van der Waals surface area contributed by atoms with Crippen molar-refractivity contribution in [3.8, 4) is 11.5 Å². The first kappa shape index (κ1) is 23.3. The lowest BCUT2D eigenvalue weighted by Crippen LogP contribution is -2.16. The average molecular weight is 397 g/mol. The Kier molecular flexibility index (Phi) is 6.47. The molecule has 0 radical (unpaired) electrons. The van der Waals surface area contributed by atoms with Crippen molar-refractivity contribution in [1.29, 1.82) is 0 Å². The Morgan fingerprint density at radius 2 is 0.966 bits per heavy atom. The monoisotopic (exact) mass is 396 g/mol. The maximum Gasteiger partial charge on any atom is 0.123 e. The van der Waals surface area contributed by atoms with Crippen molar-refractivity contribution in [2.75, 3.05) is 0 Å². The number of phenols is 2. The lowest BCUT2D eigenvalue weighted by Gasteiger charge is -2.27. The quantitative estimate of drug-likeness (QED) is 0.582. The highest BCUT2D eigenvalue weighted by molar-refractivity contribution is 5.58. The molecule has 0 saturated heterocycles. The Morgan fingerprint density at radius 1 is 0.655 bits per heavy atom. The molecule has 0 bridgehead atoms. The molecule has 0 fully saturated rings. The van der Waals surface area contributed by atoms with Gasteiger partial charge in [0.25, 0.3) is 0 Å². The second-order valence-electron chi connectivity index (χ2n) is 10.5. The Bertz CT molecular complexity index is 831. The molecule has 2 aromatic carbocycles. The summed E-state index contributed by atoms with van der Waals surface area (Å²) in [5.74, 6) is 0.760. The van der Waals surface area contributed by atoms with Crippen LogP contribution in [-0.4, -0.2) is 10.2 Å². The van der Waals surface area contributed by atoms with Crippen LogP contribution < -0.4 is 0 Å². The fourth-order valence-corrected chi connectivity index (χ4v) is 4.26. The number of aromatic hydroxyl groups is 2. The molecule has 0 saturated carbocycles. The summed E-state index contributed by atoms with van der Waals surface area (Å²) in [5.41, 5.74) is 8.37. The first-order valence-corrected chi connectivity index (χ1v) is 10.9. The van der Waals surface area contributed by atoms with Crippen LogP contribution in [0.2, 0.25) is 0 Å². The van der Waals surface area contributed by atoms with Gasteiger partial charge in [-0.1, -0.05) is 67.5 Å². The molecule has 0 amide bonds. The molecule has 0 spiro atoms. The summed E-state index contributed by atoms with van der Waals surface area (Å²) in [7, 11) is 0. The Morgan fingerprint density at radius 3 is 1.21 bits per heavy atom. The summed E-state index contributed by atoms with van der Waals surface area (Å²) in [5, 5.41) is 22.5. The van der Waals surface area contributed by atoms with Crippen LogP contribution in [0.4, 0.5) is 0 Å². The van der Waals surface area contributed by atoms with E-state index in [2.05, 4.69) is 81.4 Å². The van der Waals surface area contributed by atoms with E-state index in [1.807, 2.05) is 0 Å². The van der Waals surface area contributed by atoms with E-state index < -0.39 is 0 Å². The Labute approximate surface area is 178 Å². The van der Waals surface area contributed by atoms with E-state index in [0.29, 0.717) is 17.9 Å². The molecule has 2 N–H and O–H groups in total. The molecule has 2 heteroatoms. The highest BCUT2D eigenvalue weighted by Crippen LogP contribution is 2.42. The third-order valence-electron chi connectivity index (χ3n) is 6.32. The van der Waals surface area contributed by atoms with Crippen molar-refractivity contribution in [3.63, 3.8) is 0 Å². The van der Waals surface area contributed by atoms with E-state index in [4.69, 9.17) is 0 Å². The zero-order valence-electron chi connectivity index (χ0n) is 20.2. The third-order valence-corrected chi connectivity index (χ3v) is 6.32. The highest BCUT2D eigenvalue weighted by Gasteiger charge is 2.27. The zero-order chi connectivity index (χ0) is 22.3. The van der Waals surface area contributed by atoms with Gasteiger partial charge in [0, 0.05) is 17.5 Å². The largest absolute Gasteiger partial charge is 0.507 e. The van der Waals surface area contributed by atoms with Gasteiger partial charge in [0.1, 0.15) is 11.5 Å². The third kappa shape index (κ3) is 4.47. The topological polar surface area (TPSA) is 40.5 Å². The normalized spacial score (nSPS) is 12.5. The number of hydrogen-bond acceptors (Lipinski definition) is 2. The van der Waals surface area contributed by atoms with Gasteiger partial charge >= 0.3 is 0 Å². The first-order chi connectivity index (χ1) is 13.2. The van der Waals surface area contributed by atoms with Crippen molar-refractivity contribution in [2.45, 2.75) is 99.3 Å². The van der Waals surface area contributed by atoms with Gasteiger partial charge < -0.3 is 10.2 Å². The molecule has 0 atom stereocenters. The molecular formula is C27H40O2. The molecule has 0 aliphatic heterocycles. The van der Waals surface area contributed by atoms with E-state index in [9.17, 15) is 10.2 Å². The van der Waals surface area contributed by atoms with E-state index in [1.54, 1.807) is 0 Å². The van der Waals surface area contributed by atoms with Crippen LogP contribution >= 0.6 is 0 Å². The molecule has 2 aromatic rings. The molecule has 160 valence electrons. The van der Waals surface area contributed by atoms with Crippen LogP contribution in [0.25, 0.3) is 0 Å². The second kappa shape index (κ2) is 8.05. The molecule has 0 unspecified atom stereocenters. The van der Waals surface area contributed by atoms with Gasteiger partial charge in [0.05, 0.1) is 0 Å². The highest BCUT2D eigenvalue weighted by atomic mass is 16.3. The molecule has 0 aliphatic rings. The first-order valence-electron chi connectivity index (χ1n) is 10.9. The van der Waals surface area contributed by atoms with Gasteiger partial charge in [-0.2, -0.15) is 0 Å². The van der Waals surface area contributed by atoms with Crippen LogP contribution in [0.3, 0.4) is 0 Å². The predicted molar refractivity (Wildman–Crippen MR) is 125 cm³/mol. The van der Waals surface area contributed by atoms with Crippen molar-refractivity contribution in [3.05, 3.63) is 56.6 Å².